The lowest BCUT2D eigenvalue weighted by Crippen LogP contribution is -2.29. The minimum atomic E-state index is -0.863. The van der Waals surface area contributed by atoms with Crippen molar-refractivity contribution in [3.8, 4) is 0 Å². The summed E-state index contributed by atoms with van der Waals surface area (Å²) in [5.74, 6) is -0.806. The summed E-state index contributed by atoms with van der Waals surface area (Å²) in [7, 11) is 1.69. The van der Waals surface area contributed by atoms with E-state index in [-0.39, 0.29) is 5.92 Å². The van der Waals surface area contributed by atoms with Crippen LogP contribution in [0.2, 0.25) is 0 Å². The molecule has 6 nitrogen and oxygen atoms in total. The van der Waals surface area contributed by atoms with Crippen LogP contribution in [0.1, 0.15) is 70.0 Å². The monoisotopic (exact) mass is 296 g/mol. The van der Waals surface area contributed by atoms with Crippen molar-refractivity contribution in [1.82, 2.24) is 10.1 Å². The van der Waals surface area contributed by atoms with Crippen molar-refractivity contribution in [2.45, 2.75) is 63.9 Å². The number of hydrogen-bond donors (Lipinski definition) is 1. The maximum Gasteiger partial charge on any atom is 0.307 e. The highest BCUT2D eigenvalue weighted by molar-refractivity contribution is 5.70. The lowest BCUT2D eigenvalue weighted by molar-refractivity contribution is -0.141. The lowest BCUT2D eigenvalue weighted by atomic mass is 9.93. The Bertz CT molecular complexity index is 478. The van der Waals surface area contributed by atoms with Crippen molar-refractivity contribution < 1.29 is 19.2 Å². The number of aromatic nitrogens is 2. The second-order valence-electron chi connectivity index (χ2n) is 5.98. The fraction of sp³-hybridized carbons (Fsp3) is 0.800. The molecule has 0 spiro atoms. The van der Waals surface area contributed by atoms with Crippen LogP contribution < -0.4 is 0 Å². The Hall–Kier alpha value is -1.43. The van der Waals surface area contributed by atoms with Gasteiger partial charge in [0.15, 0.2) is 0 Å². The molecule has 0 aromatic carbocycles. The molecular formula is C15H24N2O4. The summed E-state index contributed by atoms with van der Waals surface area (Å²) in [6, 6.07) is 0. The van der Waals surface area contributed by atoms with Gasteiger partial charge in [0.25, 0.3) is 0 Å². The zero-order valence-corrected chi connectivity index (χ0v) is 13.0. The number of carboxylic acids is 1. The first-order valence-electron chi connectivity index (χ1n) is 7.62. The zero-order valence-electron chi connectivity index (χ0n) is 13.0. The quantitative estimate of drug-likeness (QED) is 0.840. The third-order valence-corrected chi connectivity index (χ3v) is 4.68. The highest BCUT2D eigenvalue weighted by Crippen LogP contribution is 2.38. The Morgan fingerprint density at radius 3 is 2.43 bits per heavy atom. The van der Waals surface area contributed by atoms with Crippen molar-refractivity contribution in [1.29, 1.82) is 0 Å². The Morgan fingerprint density at radius 2 is 1.90 bits per heavy atom. The number of carboxylic acid groups (broad SMARTS) is 1. The van der Waals surface area contributed by atoms with Gasteiger partial charge in [-0.2, -0.15) is 4.98 Å². The number of carbonyl (C=O) groups is 1. The second-order valence-corrected chi connectivity index (χ2v) is 5.98. The summed E-state index contributed by atoms with van der Waals surface area (Å²) < 4.78 is 11.1. The van der Waals surface area contributed by atoms with Crippen LogP contribution in [0.15, 0.2) is 4.52 Å². The molecule has 0 radical (unpaired) electrons. The van der Waals surface area contributed by atoms with Crippen LogP contribution >= 0.6 is 0 Å². The molecule has 0 bridgehead atoms. The summed E-state index contributed by atoms with van der Waals surface area (Å²) in [5.41, 5.74) is -0.482. The van der Waals surface area contributed by atoms with Gasteiger partial charge in [0.05, 0.1) is 5.92 Å². The molecule has 1 aromatic heterocycles. The van der Waals surface area contributed by atoms with Gasteiger partial charge in [0.2, 0.25) is 11.7 Å². The van der Waals surface area contributed by atoms with Gasteiger partial charge < -0.3 is 14.4 Å². The largest absolute Gasteiger partial charge is 0.481 e. The lowest BCUT2D eigenvalue weighted by Gasteiger charge is -2.27. The molecule has 118 valence electrons. The zero-order chi connectivity index (χ0) is 15.5. The van der Waals surface area contributed by atoms with Gasteiger partial charge in [-0.05, 0) is 12.8 Å². The fourth-order valence-corrected chi connectivity index (χ4v) is 2.85. The van der Waals surface area contributed by atoms with Gasteiger partial charge >= 0.3 is 5.97 Å². The highest BCUT2D eigenvalue weighted by Gasteiger charge is 2.38. The van der Waals surface area contributed by atoms with Gasteiger partial charge in [-0.15, -0.1) is 0 Å². The molecule has 6 heteroatoms. The molecule has 0 amide bonds. The first-order chi connectivity index (χ1) is 10.00. The van der Waals surface area contributed by atoms with Gasteiger partial charge in [-0.1, -0.05) is 44.7 Å². The van der Waals surface area contributed by atoms with Crippen molar-refractivity contribution >= 4 is 5.97 Å². The Balaban J connectivity index is 2.22. The first kappa shape index (κ1) is 15.9. The van der Waals surface area contributed by atoms with Gasteiger partial charge in [-0.25, -0.2) is 0 Å². The molecule has 1 aliphatic carbocycles. The van der Waals surface area contributed by atoms with Crippen molar-refractivity contribution in [3.63, 3.8) is 0 Å². The summed E-state index contributed by atoms with van der Waals surface area (Å²) in [6.07, 6.45) is 6.32. The van der Waals surface area contributed by atoms with Gasteiger partial charge in [0.1, 0.15) is 5.60 Å². The molecule has 1 fully saturated rings. The van der Waals surface area contributed by atoms with Gasteiger partial charge in [0, 0.05) is 13.0 Å². The molecule has 2 rings (SSSR count). The van der Waals surface area contributed by atoms with Crippen molar-refractivity contribution in [3.05, 3.63) is 11.7 Å². The standard InChI is InChI=1S/C15H24N2O4/c1-10(11(2)13(18)19)12-16-14(17-21-12)15(20-3)8-6-4-5-7-9-15/h10-11H,4-9H2,1-3H3,(H,18,19). The maximum atomic E-state index is 11.1. The Kier molecular flexibility index (Phi) is 4.98. The summed E-state index contributed by atoms with van der Waals surface area (Å²) in [6.45, 7) is 3.44. The van der Waals surface area contributed by atoms with Crippen LogP contribution in [0.4, 0.5) is 0 Å². The van der Waals surface area contributed by atoms with Crippen LogP contribution in [0.5, 0.6) is 0 Å². The molecule has 0 saturated heterocycles. The predicted molar refractivity (Wildman–Crippen MR) is 75.9 cm³/mol. The number of nitrogens with zero attached hydrogens (tertiary/aromatic N) is 2. The molecule has 1 saturated carbocycles. The van der Waals surface area contributed by atoms with E-state index in [1.54, 1.807) is 21.0 Å². The van der Waals surface area contributed by atoms with E-state index in [4.69, 9.17) is 14.4 Å². The average molecular weight is 296 g/mol. The third kappa shape index (κ3) is 3.26. The number of aliphatic carboxylic acids is 1. The number of ether oxygens (including phenoxy) is 1. The summed E-state index contributed by atoms with van der Waals surface area (Å²) in [5, 5.41) is 13.2. The highest BCUT2D eigenvalue weighted by atomic mass is 16.5. The van der Waals surface area contributed by atoms with E-state index in [9.17, 15) is 4.79 Å². The van der Waals surface area contributed by atoms with Crippen LogP contribution in [0.25, 0.3) is 0 Å². The molecule has 1 heterocycles. The summed E-state index contributed by atoms with van der Waals surface area (Å²) >= 11 is 0. The van der Waals surface area contributed by atoms with E-state index < -0.39 is 17.5 Å². The SMILES string of the molecule is COC1(c2noc(C(C)C(C)C(=O)O)n2)CCCCCC1. The van der Waals surface area contributed by atoms with Crippen molar-refractivity contribution in [2.75, 3.05) is 7.11 Å². The van der Waals surface area contributed by atoms with E-state index in [1.807, 2.05) is 0 Å². The molecule has 1 N–H and O–H groups in total. The normalized spacial score (nSPS) is 21.5. The fourth-order valence-electron chi connectivity index (χ4n) is 2.85. The number of hydrogen-bond acceptors (Lipinski definition) is 5. The molecule has 1 aromatic rings. The minimum absolute atomic E-state index is 0.316. The van der Waals surface area contributed by atoms with Crippen LogP contribution in [0.3, 0.4) is 0 Å². The molecule has 2 unspecified atom stereocenters. The van der Waals surface area contributed by atoms with E-state index >= 15 is 0 Å². The molecule has 0 aliphatic heterocycles. The smallest absolute Gasteiger partial charge is 0.307 e. The predicted octanol–water partition coefficient (Wildman–Crippen LogP) is 3.09. The van der Waals surface area contributed by atoms with E-state index in [1.165, 1.54) is 12.8 Å². The topological polar surface area (TPSA) is 85.5 Å². The Labute approximate surface area is 124 Å². The number of rotatable bonds is 5. The van der Waals surface area contributed by atoms with E-state index in [0.717, 1.165) is 25.7 Å². The van der Waals surface area contributed by atoms with Crippen LogP contribution in [-0.4, -0.2) is 28.3 Å². The third-order valence-electron chi connectivity index (χ3n) is 4.68. The summed E-state index contributed by atoms with van der Waals surface area (Å²) in [4.78, 5) is 15.5. The Morgan fingerprint density at radius 1 is 1.29 bits per heavy atom. The number of methoxy groups -OCH3 is 1. The second kappa shape index (κ2) is 6.56. The van der Waals surface area contributed by atoms with Gasteiger partial charge in [-0.3, -0.25) is 4.79 Å². The van der Waals surface area contributed by atoms with E-state index in [0.29, 0.717) is 11.7 Å². The molecule has 21 heavy (non-hydrogen) atoms. The average Bonchev–Trinajstić information content (AvgIpc) is 2.85. The molecule has 1 aliphatic rings. The molecule has 2 atom stereocenters. The van der Waals surface area contributed by atoms with Crippen LogP contribution in [-0.2, 0) is 15.1 Å². The van der Waals surface area contributed by atoms with E-state index in [2.05, 4.69) is 10.1 Å². The minimum Gasteiger partial charge on any atom is -0.481 e. The maximum absolute atomic E-state index is 11.1. The first-order valence-corrected chi connectivity index (χ1v) is 7.62. The molecular weight excluding hydrogens is 272 g/mol. The van der Waals surface area contributed by atoms with Crippen molar-refractivity contribution in [2.24, 2.45) is 5.92 Å². The van der Waals surface area contributed by atoms with Crippen LogP contribution in [0, 0.1) is 5.92 Å².